The van der Waals surface area contributed by atoms with Crippen molar-refractivity contribution in [3.8, 4) is 0 Å². The van der Waals surface area contributed by atoms with Crippen LogP contribution in [0.5, 0.6) is 0 Å². The van der Waals surface area contributed by atoms with Crippen molar-refractivity contribution in [3.63, 3.8) is 0 Å². The van der Waals surface area contributed by atoms with Crippen LogP contribution in [0.1, 0.15) is 85.5 Å². The zero-order valence-corrected chi connectivity index (χ0v) is 20.1. The molecule has 0 aromatic carbocycles. The van der Waals surface area contributed by atoms with Crippen LogP contribution in [0.3, 0.4) is 0 Å². The molecule has 0 amide bonds. The maximum absolute atomic E-state index is 11.8. The molecular weight excluding hydrogens is 388 g/mol. The van der Waals surface area contributed by atoms with E-state index in [0.29, 0.717) is 46.8 Å². The predicted octanol–water partition coefficient (Wildman–Crippen LogP) is 4.76. The van der Waals surface area contributed by atoms with E-state index in [1.165, 1.54) is 19.3 Å². The van der Waals surface area contributed by atoms with Crippen LogP contribution in [0.4, 0.5) is 0 Å². The largest absolute Gasteiger partial charge is 0.393 e. The lowest BCUT2D eigenvalue weighted by Gasteiger charge is -2.62. The van der Waals surface area contributed by atoms with Gasteiger partial charge < -0.3 is 19.7 Å². The third kappa shape index (κ3) is 2.74. The van der Waals surface area contributed by atoms with E-state index >= 15 is 0 Å². The molecule has 6 aliphatic rings. The van der Waals surface area contributed by atoms with E-state index in [-0.39, 0.29) is 23.7 Å². The van der Waals surface area contributed by atoms with Crippen molar-refractivity contribution >= 4 is 0 Å². The minimum absolute atomic E-state index is 0.0570. The smallest absolute Gasteiger partial charge is 0.171 e. The summed E-state index contributed by atoms with van der Waals surface area (Å²) in [4.78, 5) is 0. The average molecular weight is 433 g/mol. The van der Waals surface area contributed by atoms with Gasteiger partial charge in [-0.05, 0) is 86.4 Å². The molecule has 4 aliphatic carbocycles. The standard InChI is InChI=1S/C27H44O4/c1-15-7-10-27(30-14-15)16(2)24-22(31-27)12-21-19-6-5-17-11-18(28)8-9-25(17,3)20(19)13-23(29)26(21,24)4/h15-24,28-29H,5-14H2,1-4H3/t15?,16-,17?,18?,19+,20-,21-,22-,23?,24-,25-,26+,27+/m0/s1. The van der Waals surface area contributed by atoms with Crippen molar-refractivity contribution in [2.24, 2.45) is 52.3 Å². The van der Waals surface area contributed by atoms with Crippen LogP contribution in [-0.2, 0) is 9.47 Å². The summed E-state index contributed by atoms with van der Waals surface area (Å²) >= 11 is 0. The van der Waals surface area contributed by atoms with Gasteiger partial charge in [0.1, 0.15) is 0 Å². The van der Waals surface area contributed by atoms with Crippen LogP contribution in [0.15, 0.2) is 0 Å². The summed E-state index contributed by atoms with van der Waals surface area (Å²) in [6.07, 6.45) is 9.70. The van der Waals surface area contributed by atoms with Crippen LogP contribution in [-0.4, -0.2) is 40.9 Å². The third-order valence-corrected chi connectivity index (χ3v) is 12.0. The molecule has 2 aliphatic heterocycles. The summed E-state index contributed by atoms with van der Waals surface area (Å²) in [7, 11) is 0. The Hall–Kier alpha value is -0.160. The highest BCUT2D eigenvalue weighted by Gasteiger charge is 2.71. The van der Waals surface area contributed by atoms with Gasteiger partial charge in [0, 0.05) is 23.7 Å². The zero-order valence-electron chi connectivity index (χ0n) is 20.1. The first-order valence-electron chi connectivity index (χ1n) is 13.4. The van der Waals surface area contributed by atoms with Gasteiger partial charge in [-0.1, -0.05) is 27.7 Å². The van der Waals surface area contributed by atoms with Gasteiger partial charge in [0.25, 0.3) is 0 Å². The summed E-state index contributed by atoms with van der Waals surface area (Å²) in [5.41, 5.74) is 0.233. The fourth-order valence-electron chi connectivity index (χ4n) is 10.2. The lowest BCUT2D eigenvalue weighted by Crippen LogP contribution is -2.59. The molecule has 31 heavy (non-hydrogen) atoms. The maximum atomic E-state index is 11.8. The second-order valence-electron chi connectivity index (χ2n) is 13.2. The molecule has 2 heterocycles. The van der Waals surface area contributed by atoms with E-state index < -0.39 is 5.79 Å². The molecule has 2 N–H and O–H groups in total. The van der Waals surface area contributed by atoms with Crippen molar-refractivity contribution in [3.05, 3.63) is 0 Å². The van der Waals surface area contributed by atoms with Crippen LogP contribution < -0.4 is 0 Å². The number of ether oxygens (including phenoxy) is 2. The van der Waals surface area contributed by atoms with Crippen LogP contribution in [0.2, 0.25) is 0 Å². The van der Waals surface area contributed by atoms with E-state index in [4.69, 9.17) is 9.47 Å². The van der Waals surface area contributed by atoms with Gasteiger partial charge in [0.15, 0.2) is 5.79 Å². The highest BCUT2D eigenvalue weighted by Crippen LogP contribution is 2.71. The number of aliphatic hydroxyl groups is 2. The van der Waals surface area contributed by atoms with E-state index in [2.05, 4.69) is 27.7 Å². The molecule has 2 saturated heterocycles. The molecule has 4 unspecified atom stereocenters. The molecule has 176 valence electrons. The second-order valence-corrected chi connectivity index (χ2v) is 13.2. The third-order valence-electron chi connectivity index (χ3n) is 12.0. The Balaban J connectivity index is 1.29. The van der Waals surface area contributed by atoms with Crippen molar-refractivity contribution in [1.29, 1.82) is 0 Å². The van der Waals surface area contributed by atoms with E-state index in [1.807, 2.05) is 0 Å². The van der Waals surface area contributed by atoms with Crippen LogP contribution in [0, 0.1) is 52.3 Å². The molecule has 6 fully saturated rings. The molecule has 4 nitrogen and oxygen atoms in total. The number of fused-ring (bicyclic) bond motifs is 7. The minimum atomic E-state index is -0.407. The lowest BCUT2D eigenvalue weighted by molar-refractivity contribution is -0.274. The molecular formula is C27H44O4. The summed E-state index contributed by atoms with van der Waals surface area (Å²) in [5.74, 6) is 3.46. The molecule has 13 atom stereocenters. The molecule has 0 bridgehead atoms. The van der Waals surface area contributed by atoms with Gasteiger partial charge in [-0.25, -0.2) is 0 Å². The molecule has 1 spiro atoms. The first-order valence-corrected chi connectivity index (χ1v) is 13.4. The van der Waals surface area contributed by atoms with Gasteiger partial charge in [-0.3, -0.25) is 0 Å². The Kier molecular flexibility index (Phi) is 4.78. The lowest BCUT2D eigenvalue weighted by atomic mass is 9.43. The van der Waals surface area contributed by atoms with Crippen LogP contribution >= 0.6 is 0 Å². The minimum Gasteiger partial charge on any atom is -0.393 e. The summed E-state index contributed by atoms with van der Waals surface area (Å²) in [6.45, 7) is 10.3. The Bertz CT molecular complexity index is 716. The first kappa shape index (κ1) is 21.4. The Morgan fingerprint density at radius 3 is 2.42 bits per heavy atom. The first-order chi connectivity index (χ1) is 14.7. The van der Waals surface area contributed by atoms with Gasteiger partial charge in [-0.15, -0.1) is 0 Å². The SMILES string of the molecule is CC1CC[C@@]2(OC1)O[C@H]1C[C@H]3[C@@H]4CCC5CC(O)CC[C@]5(C)[C@H]4CC(O)[C@]3(C)[C@H]1[C@@H]2C. The van der Waals surface area contributed by atoms with Crippen molar-refractivity contribution in [1.82, 2.24) is 0 Å². The van der Waals surface area contributed by atoms with Gasteiger partial charge in [0.2, 0.25) is 0 Å². The average Bonchev–Trinajstić information content (AvgIpc) is 3.18. The quantitative estimate of drug-likeness (QED) is 0.579. The van der Waals surface area contributed by atoms with Crippen molar-refractivity contribution in [2.75, 3.05) is 6.61 Å². The van der Waals surface area contributed by atoms with Crippen molar-refractivity contribution < 1.29 is 19.7 Å². The topological polar surface area (TPSA) is 58.9 Å². The number of hydrogen-bond donors (Lipinski definition) is 2. The Morgan fingerprint density at radius 2 is 1.68 bits per heavy atom. The molecule has 0 aromatic heterocycles. The zero-order chi connectivity index (χ0) is 21.8. The Labute approximate surface area is 188 Å². The maximum Gasteiger partial charge on any atom is 0.171 e. The number of rotatable bonds is 0. The fraction of sp³-hybridized carbons (Fsp3) is 1.00. The number of aliphatic hydroxyl groups excluding tert-OH is 2. The predicted molar refractivity (Wildman–Crippen MR) is 119 cm³/mol. The van der Waals surface area contributed by atoms with Crippen LogP contribution in [0.25, 0.3) is 0 Å². The summed E-state index contributed by atoms with van der Waals surface area (Å²) < 4.78 is 13.3. The molecule has 6 rings (SSSR count). The molecule has 0 radical (unpaired) electrons. The monoisotopic (exact) mass is 432 g/mol. The Morgan fingerprint density at radius 1 is 0.871 bits per heavy atom. The fourth-order valence-corrected chi connectivity index (χ4v) is 10.2. The van der Waals surface area contributed by atoms with E-state index in [1.54, 1.807) is 0 Å². The normalized spacial score (nSPS) is 63.3. The highest BCUT2D eigenvalue weighted by molar-refractivity contribution is 5.17. The van der Waals surface area contributed by atoms with E-state index in [9.17, 15) is 10.2 Å². The van der Waals surface area contributed by atoms with Gasteiger partial charge in [0.05, 0.1) is 24.9 Å². The molecule has 4 heteroatoms. The number of hydrogen-bond acceptors (Lipinski definition) is 4. The molecule has 4 saturated carbocycles. The van der Waals surface area contributed by atoms with Gasteiger partial charge in [-0.2, -0.15) is 0 Å². The molecule has 0 aromatic rings. The van der Waals surface area contributed by atoms with E-state index in [0.717, 1.165) is 45.1 Å². The van der Waals surface area contributed by atoms with Gasteiger partial charge >= 0.3 is 0 Å². The summed E-state index contributed by atoms with van der Waals surface area (Å²) in [6, 6.07) is 0. The van der Waals surface area contributed by atoms with Crippen molar-refractivity contribution in [2.45, 2.75) is 110 Å². The summed E-state index contributed by atoms with van der Waals surface area (Å²) in [5, 5.41) is 22.1. The second kappa shape index (κ2) is 6.93. The highest BCUT2D eigenvalue weighted by atomic mass is 16.7.